The van der Waals surface area contributed by atoms with Crippen LogP contribution in [0.1, 0.15) is 18.1 Å². The Morgan fingerprint density at radius 3 is 2.78 bits per heavy atom. The van der Waals surface area contributed by atoms with Crippen LogP contribution in [0.3, 0.4) is 0 Å². The van der Waals surface area contributed by atoms with Crippen LogP contribution in [-0.4, -0.2) is 17.4 Å². The number of nitrogens with zero attached hydrogens (tertiary/aromatic N) is 1. The third-order valence-electron chi connectivity index (χ3n) is 2.36. The number of nitro groups is 1. The number of hydrogen-bond acceptors (Lipinski definition) is 4. The fraction of sp³-hybridized carbons (Fsp3) is 0.250. The fourth-order valence-electron chi connectivity index (χ4n) is 1.46. The molecule has 0 atom stereocenters. The fourth-order valence-corrected chi connectivity index (χ4v) is 1.46. The summed E-state index contributed by atoms with van der Waals surface area (Å²) in [6, 6.07) is 2.99. The van der Waals surface area contributed by atoms with Gasteiger partial charge in [0.25, 0.3) is 5.69 Å². The molecular formula is C12H15N3O3. The van der Waals surface area contributed by atoms with Gasteiger partial charge in [0.2, 0.25) is 5.91 Å². The molecule has 0 radical (unpaired) electrons. The Kier molecular flexibility index (Phi) is 4.42. The Morgan fingerprint density at radius 2 is 2.22 bits per heavy atom. The minimum absolute atomic E-state index is 0.00603. The quantitative estimate of drug-likeness (QED) is 0.481. The van der Waals surface area contributed by atoms with Gasteiger partial charge in [0.15, 0.2) is 0 Å². The molecule has 0 aliphatic heterocycles. The Labute approximate surface area is 105 Å². The van der Waals surface area contributed by atoms with E-state index in [0.717, 1.165) is 0 Å². The Balaban J connectivity index is 2.88. The van der Waals surface area contributed by atoms with Crippen molar-refractivity contribution in [1.29, 1.82) is 0 Å². The van der Waals surface area contributed by atoms with Crippen molar-refractivity contribution in [3.05, 3.63) is 39.4 Å². The van der Waals surface area contributed by atoms with Gasteiger partial charge < -0.3 is 11.1 Å². The first-order valence-electron chi connectivity index (χ1n) is 5.37. The van der Waals surface area contributed by atoms with E-state index in [9.17, 15) is 14.9 Å². The number of nitrogens with two attached hydrogens (primary N) is 1. The van der Waals surface area contributed by atoms with Crippen LogP contribution in [0.4, 0.5) is 11.4 Å². The second-order valence-electron chi connectivity index (χ2n) is 3.86. The van der Waals surface area contributed by atoms with Gasteiger partial charge in [0.1, 0.15) is 0 Å². The number of nitro benzene ring substituents is 1. The number of aryl methyl sites for hydroxylation is 1. The monoisotopic (exact) mass is 249 g/mol. The molecule has 0 heterocycles. The van der Waals surface area contributed by atoms with E-state index >= 15 is 0 Å². The van der Waals surface area contributed by atoms with Crippen LogP contribution in [0.5, 0.6) is 0 Å². The van der Waals surface area contributed by atoms with E-state index < -0.39 is 4.92 Å². The number of carbonyl (C=O) groups excluding carboxylic acids is 1. The summed E-state index contributed by atoms with van der Waals surface area (Å²) in [4.78, 5) is 20.9. The second kappa shape index (κ2) is 5.81. The molecule has 18 heavy (non-hydrogen) atoms. The minimum Gasteiger partial charge on any atom is -0.398 e. The summed E-state index contributed by atoms with van der Waals surface area (Å²) < 4.78 is 0. The van der Waals surface area contributed by atoms with Gasteiger partial charge in [-0.1, -0.05) is 12.2 Å². The van der Waals surface area contributed by atoms with Gasteiger partial charge >= 0.3 is 0 Å². The summed E-state index contributed by atoms with van der Waals surface area (Å²) in [5.41, 5.74) is 7.32. The maximum absolute atomic E-state index is 10.7. The van der Waals surface area contributed by atoms with Gasteiger partial charge in [-0.15, -0.1) is 0 Å². The van der Waals surface area contributed by atoms with Crippen LogP contribution < -0.4 is 11.1 Å². The lowest BCUT2D eigenvalue weighted by Gasteiger charge is -2.03. The largest absolute Gasteiger partial charge is 0.398 e. The number of carbonyl (C=O) groups is 1. The molecule has 0 saturated heterocycles. The van der Waals surface area contributed by atoms with Gasteiger partial charge in [-0.3, -0.25) is 14.9 Å². The lowest BCUT2D eigenvalue weighted by molar-refractivity contribution is -0.385. The van der Waals surface area contributed by atoms with E-state index in [-0.39, 0.29) is 11.6 Å². The molecule has 0 aliphatic carbocycles. The van der Waals surface area contributed by atoms with Gasteiger partial charge in [-0.2, -0.15) is 0 Å². The summed E-state index contributed by atoms with van der Waals surface area (Å²) >= 11 is 0. The van der Waals surface area contributed by atoms with Crippen LogP contribution in [-0.2, 0) is 4.79 Å². The molecule has 0 bridgehead atoms. The molecule has 6 nitrogen and oxygen atoms in total. The van der Waals surface area contributed by atoms with Crippen LogP contribution in [0.15, 0.2) is 18.2 Å². The summed E-state index contributed by atoms with van der Waals surface area (Å²) in [5, 5.41) is 13.3. The van der Waals surface area contributed by atoms with Crippen molar-refractivity contribution in [2.24, 2.45) is 0 Å². The molecule has 3 N–H and O–H groups in total. The number of benzene rings is 1. The first-order chi connectivity index (χ1) is 8.41. The van der Waals surface area contributed by atoms with Gasteiger partial charge in [0.05, 0.1) is 4.92 Å². The molecule has 0 fully saturated rings. The van der Waals surface area contributed by atoms with Crippen molar-refractivity contribution in [3.8, 4) is 0 Å². The van der Waals surface area contributed by atoms with Gasteiger partial charge in [-0.25, -0.2) is 0 Å². The molecule has 6 heteroatoms. The van der Waals surface area contributed by atoms with Crippen molar-refractivity contribution in [1.82, 2.24) is 5.32 Å². The summed E-state index contributed by atoms with van der Waals surface area (Å²) in [6.45, 7) is 3.48. The minimum atomic E-state index is -0.462. The third-order valence-corrected chi connectivity index (χ3v) is 2.36. The molecule has 1 aromatic rings. The molecule has 0 aromatic heterocycles. The average molecular weight is 249 g/mol. The van der Waals surface area contributed by atoms with Crippen LogP contribution >= 0.6 is 0 Å². The van der Waals surface area contributed by atoms with E-state index in [1.165, 1.54) is 13.0 Å². The maximum Gasteiger partial charge on any atom is 0.274 e. The Morgan fingerprint density at radius 1 is 1.56 bits per heavy atom. The lowest BCUT2D eigenvalue weighted by Crippen LogP contribution is -2.19. The Hall–Kier alpha value is -2.37. The van der Waals surface area contributed by atoms with E-state index in [2.05, 4.69) is 5.32 Å². The predicted octanol–water partition coefficient (Wildman–Crippen LogP) is 1.63. The smallest absolute Gasteiger partial charge is 0.274 e. The molecule has 96 valence electrons. The molecule has 0 saturated carbocycles. The zero-order valence-corrected chi connectivity index (χ0v) is 10.3. The molecule has 0 spiro atoms. The summed E-state index contributed by atoms with van der Waals surface area (Å²) in [6.07, 6.45) is 3.46. The average Bonchev–Trinajstić information content (AvgIpc) is 2.27. The normalized spacial score (nSPS) is 10.6. The zero-order chi connectivity index (χ0) is 13.7. The Bertz CT molecular complexity index is 510. The van der Waals surface area contributed by atoms with Crippen molar-refractivity contribution >= 4 is 23.4 Å². The predicted molar refractivity (Wildman–Crippen MR) is 70.0 cm³/mol. The number of nitrogens with one attached hydrogen (secondary N) is 1. The van der Waals surface area contributed by atoms with E-state index in [4.69, 9.17) is 5.73 Å². The van der Waals surface area contributed by atoms with Crippen molar-refractivity contribution in [3.63, 3.8) is 0 Å². The summed E-state index contributed by atoms with van der Waals surface area (Å²) in [7, 11) is 0. The molecule has 1 amide bonds. The first-order valence-corrected chi connectivity index (χ1v) is 5.37. The first kappa shape index (κ1) is 13.7. The number of anilines is 1. The van der Waals surface area contributed by atoms with Gasteiger partial charge in [0, 0.05) is 30.8 Å². The van der Waals surface area contributed by atoms with E-state index in [1.807, 2.05) is 0 Å². The van der Waals surface area contributed by atoms with Crippen molar-refractivity contribution < 1.29 is 9.72 Å². The molecule has 0 aliphatic rings. The molecule has 1 rings (SSSR count). The topological polar surface area (TPSA) is 98.3 Å². The van der Waals surface area contributed by atoms with Crippen LogP contribution in [0.25, 0.3) is 6.08 Å². The van der Waals surface area contributed by atoms with Crippen molar-refractivity contribution in [2.45, 2.75) is 13.8 Å². The lowest BCUT2D eigenvalue weighted by atomic mass is 10.1. The number of nitrogen functional groups attached to an aromatic ring is 1. The summed E-state index contributed by atoms with van der Waals surface area (Å²) in [5.74, 6) is -0.118. The highest BCUT2D eigenvalue weighted by molar-refractivity contribution is 5.73. The highest BCUT2D eigenvalue weighted by atomic mass is 16.6. The van der Waals surface area contributed by atoms with E-state index in [1.54, 1.807) is 25.1 Å². The number of amides is 1. The molecule has 0 unspecified atom stereocenters. The van der Waals surface area contributed by atoms with Crippen LogP contribution in [0, 0.1) is 17.0 Å². The standard InChI is InChI=1S/C12H15N3O3/c1-8-6-10(4-3-5-14-9(2)16)11(13)7-12(8)15(17)18/h3-4,6-7H,5,13H2,1-2H3,(H,14,16). The molecular weight excluding hydrogens is 234 g/mol. The van der Waals surface area contributed by atoms with Crippen molar-refractivity contribution in [2.75, 3.05) is 12.3 Å². The maximum atomic E-state index is 10.7. The second-order valence-corrected chi connectivity index (χ2v) is 3.86. The third kappa shape index (κ3) is 3.58. The molecule has 1 aromatic carbocycles. The van der Waals surface area contributed by atoms with Crippen LogP contribution in [0.2, 0.25) is 0 Å². The highest BCUT2D eigenvalue weighted by Crippen LogP contribution is 2.25. The van der Waals surface area contributed by atoms with E-state index in [0.29, 0.717) is 23.4 Å². The zero-order valence-electron chi connectivity index (χ0n) is 10.3. The number of hydrogen-bond donors (Lipinski definition) is 2. The van der Waals surface area contributed by atoms with Gasteiger partial charge in [-0.05, 0) is 18.6 Å². The SMILES string of the molecule is CC(=O)NCC=Cc1cc(C)c([N+](=O)[O-])cc1N. The highest BCUT2D eigenvalue weighted by Gasteiger charge is 2.12. The number of rotatable bonds is 4.